The van der Waals surface area contributed by atoms with Crippen molar-refractivity contribution in [3.8, 4) is 11.5 Å². The number of rotatable bonds is 6. The molecule has 0 aliphatic carbocycles. The van der Waals surface area contributed by atoms with Gasteiger partial charge < -0.3 is 20.1 Å². The molecule has 0 heterocycles. The minimum atomic E-state index is -0.311. The van der Waals surface area contributed by atoms with Crippen LogP contribution in [0.25, 0.3) is 0 Å². The van der Waals surface area contributed by atoms with Crippen LogP contribution in [-0.4, -0.2) is 16.8 Å². The van der Waals surface area contributed by atoms with E-state index in [4.69, 9.17) is 17.0 Å². The molecular weight excluding hydrogens is 375 g/mol. The summed E-state index contributed by atoms with van der Waals surface area (Å²) in [7, 11) is 0. The van der Waals surface area contributed by atoms with Crippen molar-refractivity contribution in [1.29, 1.82) is 0 Å². The summed E-state index contributed by atoms with van der Waals surface area (Å²) in [6, 6.07) is 20.7. The summed E-state index contributed by atoms with van der Waals surface area (Å²) < 4.78 is 18.7. The van der Waals surface area contributed by atoms with E-state index in [2.05, 4.69) is 5.32 Å². The second-order valence-corrected chi connectivity index (χ2v) is 6.47. The third kappa shape index (κ3) is 4.98. The molecule has 144 valence electrons. The monoisotopic (exact) mass is 396 g/mol. The molecule has 6 heteroatoms. The predicted molar refractivity (Wildman–Crippen MR) is 115 cm³/mol. The lowest BCUT2D eigenvalue weighted by atomic mass is 10.1. The fourth-order valence-corrected chi connectivity index (χ4v) is 3.00. The molecule has 28 heavy (non-hydrogen) atoms. The maximum Gasteiger partial charge on any atom is 0.178 e. The summed E-state index contributed by atoms with van der Waals surface area (Å²) in [4.78, 5) is 1.86. The molecule has 0 saturated carbocycles. The van der Waals surface area contributed by atoms with Gasteiger partial charge in [-0.1, -0.05) is 18.2 Å². The van der Waals surface area contributed by atoms with Crippen LogP contribution in [0.1, 0.15) is 12.5 Å². The van der Waals surface area contributed by atoms with Gasteiger partial charge >= 0.3 is 0 Å². The highest BCUT2D eigenvalue weighted by atomic mass is 32.1. The Morgan fingerprint density at radius 2 is 1.71 bits per heavy atom. The van der Waals surface area contributed by atoms with E-state index >= 15 is 0 Å². The summed E-state index contributed by atoms with van der Waals surface area (Å²) in [5, 5.41) is 13.7. The van der Waals surface area contributed by atoms with Crippen molar-refractivity contribution in [3.63, 3.8) is 0 Å². The number of phenols is 1. The van der Waals surface area contributed by atoms with Crippen LogP contribution in [0.15, 0.2) is 72.8 Å². The van der Waals surface area contributed by atoms with Gasteiger partial charge in [-0.3, -0.25) is 0 Å². The summed E-state index contributed by atoms with van der Waals surface area (Å²) in [5.74, 6) is 0.656. The van der Waals surface area contributed by atoms with Crippen LogP contribution < -0.4 is 15.0 Å². The van der Waals surface area contributed by atoms with E-state index in [0.717, 1.165) is 17.0 Å². The molecule has 0 amide bonds. The molecule has 0 saturated heterocycles. The molecule has 3 rings (SSSR count). The molecule has 3 aromatic rings. The normalized spacial score (nSPS) is 10.4. The Balaban J connectivity index is 1.87. The Hall–Kier alpha value is -3.12. The fraction of sp³-hybridized carbons (Fsp3) is 0.136. The van der Waals surface area contributed by atoms with Crippen molar-refractivity contribution in [1.82, 2.24) is 0 Å². The SMILES string of the molecule is CCOc1ccc(N(Cc2ccccc2O)C(=S)Nc2ccc(F)cc2)cc1. The summed E-state index contributed by atoms with van der Waals surface area (Å²) >= 11 is 5.61. The second-order valence-electron chi connectivity index (χ2n) is 6.08. The summed E-state index contributed by atoms with van der Waals surface area (Å²) in [6.07, 6.45) is 0. The first-order chi connectivity index (χ1) is 13.6. The van der Waals surface area contributed by atoms with Crippen LogP contribution in [0.4, 0.5) is 15.8 Å². The average Bonchev–Trinajstić information content (AvgIpc) is 2.70. The Morgan fingerprint density at radius 3 is 2.36 bits per heavy atom. The molecule has 2 N–H and O–H groups in total. The smallest absolute Gasteiger partial charge is 0.178 e. The van der Waals surface area contributed by atoms with Crippen LogP contribution in [0.2, 0.25) is 0 Å². The average molecular weight is 396 g/mol. The van der Waals surface area contributed by atoms with Gasteiger partial charge in [0.25, 0.3) is 0 Å². The maximum absolute atomic E-state index is 13.2. The molecule has 0 atom stereocenters. The number of benzene rings is 3. The van der Waals surface area contributed by atoms with E-state index in [0.29, 0.717) is 24.0 Å². The summed E-state index contributed by atoms with van der Waals surface area (Å²) in [6.45, 7) is 2.89. The van der Waals surface area contributed by atoms with Crippen molar-refractivity contribution in [2.45, 2.75) is 13.5 Å². The van der Waals surface area contributed by atoms with E-state index < -0.39 is 0 Å². The highest BCUT2D eigenvalue weighted by Crippen LogP contribution is 2.25. The van der Waals surface area contributed by atoms with Gasteiger partial charge in [0.2, 0.25) is 0 Å². The van der Waals surface area contributed by atoms with Gasteiger partial charge in [0.15, 0.2) is 5.11 Å². The zero-order valence-corrected chi connectivity index (χ0v) is 16.2. The molecule has 0 aromatic heterocycles. The molecule has 0 radical (unpaired) electrons. The number of thiocarbonyl (C=S) groups is 1. The number of hydrogen-bond acceptors (Lipinski definition) is 3. The zero-order chi connectivity index (χ0) is 19.9. The van der Waals surface area contributed by atoms with Gasteiger partial charge in [-0.25, -0.2) is 4.39 Å². The Labute approximate surface area is 169 Å². The molecule has 3 aromatic carbocycles. The van der Waals surface area contributed by atoms with Crippen LogP contribution in [-0.2, 0) is 6.54 Å². The minimum Gasteiger partial charge on any atom is -0.508 e. The summed E-state index contributed by atoms with van der Waals surface area (Å²) in [5.41, 5.74) is 2.26. The largest absolute Gasteiger partial charge is 0.508 e. The highest BCUT2D eigenvalue weighted by molar-refractivity contribution is 7.80. The second kappa shape index (κ2) is 9.19. The van der Waals surface area contributed by atoms with Gasteiger partial charge in [0.05, 0.1) is 13.2 Å². The number of anilines is 2. The number of ether oxygens (including phenoxy) is 1. The standard InChI is InChI=1S/C22H21FN2O2S/c1-2-27-20-13-11-19(12-14-20)25(15-16-5-3-4-6-21(16)26)22(28)24-18-9-7-17(23)8-10-18/h3-14,26H,2,15H2,1H3,(H,24,28). The first kappa shape index (κ1) is 19.6. The number of phenolic OH excluding ortho intramolecular Hbond substituents is 1. The Morgan fingerprint density at radius 1 is 1.04 bits per heavy atom. The Bertz CT molecular complexity index is 930. The number of nitrogens with zero attached hydrogens (tertiary/aromatic N) is 1. The van der Waals surface area contributed by atoms with Crippen molar-refractivity contribution < 1.29 is 14.2 Å². The lowest BCUT2D eigenvalue weighted by Crippen LogP contribution is -2.34. The van der Waals surface area contributed by atoms with Crippen LogP contribution >= 0.6 is 12.2 Å². The molecular formula is C22H21FN2O2S. The zero-order valence-electron chi connectivity index (χ0n) is 15.4. The minimum absolute atomic E-state index is 0.197. The maximum atomic E-state index is 13.2. The van der Waals surface area contributed by atoms with Crippen molar-refractivity contribution >= 4 is 28.7 Å². The van der Waals surface area contributed by atoms with Gasteiger partial charge in [0, 0.05) is 16.9 Å². The van der Waals surface area contributed by atoms with Gasteiger partial charge in [-0.15, -0.1) is 0 Å². The quantitative estimate of drug-likeness (QED) is 0.551. The first-order valence-corrected chi connectivity index (χ1v) is 9.31. The van der Waals surface area contributed by atoms with Crippen molar-refractivity contribution in [2.24, 2.45) is 0 Å². The van der Waals surface area contributed by atoms with E-state index in [1.54, 1.807) is 24.3 Å². The number of para-hydroxylation sites is 1. The van der Waals surface area contributed by atoms with Crippen LogP contribution in [0.5, 0.6) is 11.5 Å². The number of halogens is 1. The lowest BCUT2D eigenvalue weighted by Gasteiger charge is -2.26. The predicted octanol–water partition coefficient (Wildman–Crippen LogP) is 5.33. The number of hydrogen-bond donors (Lipinski definition) is 2. The van der Waals surface area contributed by atoms with E-state index in [-0.39, 0.29) is 11.6 Å². The van der Waals surface area contributed by atoms with Gasteiger partial charge in [-0.05, 0) is 73.7 Å². The third-order valence-electron chi connectivity index (χ3n) is 4.12. The molecule has 0 aliphatic rings. The molecule has 0 fully saturated rings. The lowest BCUT2D eigenvalue weighted by molar-refractivity contribution is 0.340. The number of aromatic hydroxyl groups is 1. The van der Waals surface area contributed by atoms with E-state index in [1.165, 1.54) is 12.1 Å². The molecule has 0 aliphatic heterocycles. The van der Waals surface area contributed by atoms with Crippen molar-refractivity contribution in [3.05, 3.63) is 84.2 Å². The highest BCUT2D eigenvalue weighted by Gasteiger charge is 2.15. The molecule has 4 nitrogen and oxygen atoms in total. The van der Waals surface area contributed by atoms with Crippen molar-refractivity contribution in [2.75, 3.05) is 16.8 Å². The third-order valence-corrected chi connectivity index (χ3v) is 4.44. The van der Waals surface area contributed by atoms with E-state index in [9.17, 15) is 9.50 Å². The number of nitrogens with one attached hydrogen (secondary N) is 1. The van der Waals surface area contributed by atoms with Gasteiger partial charge in [0.1, 0.15) is 17.3 Å². The van der Waals surface area contributed by atoms with Crippen LogP contribution in [0.3, 0.4) is 0 Å². The molecule has 0 spiro atoms. The molecule has 0 unspecified atom stereocenters. The van der Waals surface area contributed by atoms with E-state index in [1.807, 2.05) is 48.2 Å². The topological polar surface area (TPSA) is 44.7 Å². The molecule has 0 bridgehead atoms. The first-order valence-electron chi connectivity index (χ1n) is 8.90. The fourth-order valence-electron chi connectivity index (χ4n) is 2.71. The van der Waals surface area contributed by atoms with Gasteiger partial charge in [-0.2, -0.15) is 0 Å². The Kier molecular flexibility index (Phi) is 6.45. The van der Waals surface area contributed by atoms with Crippen LogP contribution in [0, 0.1) is 5.82 Å².